The Morgan fingerprint density at radius 3 is 2.19 bits per heavy atom. The summed E-state index contributed by atoms with van der Waals surface area (Å²) in [4.78, 5) is 2.03. The van der Waals surface area contributed by atoms with E-state index in [4.69, 9.17) is 17.3 Å². The molecule has 2 N–H and O–H groups in total. The van der Waals surface area contributed by atoms with Gasteiger partial charge in [-0.3, -0.25) is 0 Å². The molecular formula is C13H21ClN2. The van der Waals surface area contributed by atoms with Crippen LogP contribution in [0.2, 0.25) is 5.02 Å². The zero-order valence-corrected chi connectivity index (χ0v) is 11.5. The molecular weight excluding hydrogens is 220 g/mol. The van der Waals surface area contributed by atoms with Gasteiger partial charge in [-0.2, -0.15) is 0 Å². The molecule has 0 saturated heterocycles. The monoisotopic (exact) mass is 240 g/mol. The maximum absolute atomic E-state index is 6.27. The second kappa shape index (κ2) is 4.64. The molecule has 0 saturated carbocycles. The van der Waals surface area contributed by atoms with Crippen LogP contribution in [0, 0.1) is 5.41 Å². The molecule has 0 unspecified atom stereocenters. The van der Waals surface area contributed by atoms with E-state index in [9.17, 15) is 0 Å². The zero-order valence-electron chi connectivity index (χ0n) is 10.7. The maximum atomic E-state index is 6.27. The molecule has 16 heavy (non-hydrogen) atoms. The molecule has 0 radical (unpaired) electrons. The first-order valence-electron chi connectivity index (χ1n) is 5.46. The van der Waals surface area contributed by atoms with E-state index in [2.05, 4.69) is 20.8 Å². The van der Waals surface area contributed by atoms with Crippen molar-refractivity contribution in [1.29, 1.82) is 0 Å². The average molecular weight is 241 g/mol. The average Bonchev–Trinajstić information content (AvgIpc) is 2.15. The Kier molecular flexibility index (Phi) is 3.87. The summed E-state index contributed by atoms with van der Waals surface area (Å²) in [7, 11) is 3.99. The Labute approximate surface area is 103 Å². The lowest BCUT2D eigenvalue weighted by atomic mass is 9.83. The molecule has 3 heteroatoms. The summed E-state index contributed by atoms with van der Waals surface area (Å²) < 4.78 is 0. The Hall–Kier alpha value is -0.730. The molecule has 0 aromatic heterocycles. The van der Waals surface area contributed by atoms with Crippen LogP contribution in [-0.4, -0.2) is 14.1 Å². The van der Waals surface area contributed by atoms with E-state index in [0.717, 1.165) is 16.3 Å². The van der Waals surface area contributed by atoms with E-state index in [1.165, 1.54) is 0 Å². The van der Waals surface area contributed by atoms with Crippen molar-refractivity contribution in [2.45, 2.75) is 26.8 Å². The Morgan fingerprint density at radius 1 is 1.25 bits per heavy atom. The molecule has 1 atom stereocenters. The van der Waals surface area contributed by atoms with Crippen LogP contribution < -0.4 is 10.6 Å². The molecule has 0 heterocycles. The number of halogens is 1. The minimum absolute atomic E-state index is 0.0171. The van der Waals surface area contributed by atoms with Crippen molar-refractivity contribution in [2.75, 3.05) is 19.0 Å². The molecule has 1 rings (SSSR count). The standard InChI is InChI=1S/C13H21ClN2/c1-13(2,3)12(15)10-7-6-9(16(4)5)8-11(10)14/h6-8,12H,15H2,1-5H3/t12-/m1/s1. The molecule has 90 valence electrons. The minimum atomic E-state index is -0.0452. The first-order valence-corrected chi connectivity index (χ1v) is 5.83. The first kappa shape index (κ1) is 13.3. The molecule has 1 aromatic rings. The van der Waals surface area contributed by atoms with Crippen LogP contribution >= 0.6 is 11.6 Å². The van der Waals surface area contributed by atoms with Crippen molar-refractivity contribution in [2.24, 2.45) is 11.1 Å². The van der Waals surface area contributed by atoms with Crippen molar-refractivity contribution in [3.05, 3.63) is 28.8 Å². The van der Waals surface area contributed by atoms with E-state index >= 15 is 0 Å². The number of anilines is 1. The Bertz CT molecular complexity index is 367. The van der Waals surface area contributed by atoms with E-state index < -0.39 is 0 Å². The largest absolute Gasteiger partial charge is 0.378 e. The van der Waals surface area contributed by atoms with E-state index in [1.54, 1.807) is 0 Å². The van der Waals surface area contributed by atoms with Crippen LogP contribution in [-0.2, 0) is 0 Å². The van der Waals surface area contributed by atoms with Gasteiger partial charge in [0, 0.05) is 30.8 Å². The van der Waals surface area contributed by atoms with Gasteiger partial charge in [-0.15, -0.1) is 0 Å². The number of benzene rings is 1. The summed E-state index contributed by atoms with van der Waals surface area (Å²) in [6.45, 7) is 6.36. The molecule has 0 aliphatic heterocycles. The highest BCUT2D eigenvalue weighted by Crippen LogP contribution is 2.35. The summed E-state index contributed by atoms with van der Waals surface area (Å²) in [5.74, 6) is 0. The smallest absolute Gasteiger partial charge is 0.0474 e. The molecule has 0 aliphatic carbocycles. The van der Waals surface area contributed by atoms with Gasteiger partial charge < -0.3 is 10.6 Å². The highest BCUT2D eigenvalue weighted by atomic mass is 35.5. The fourth-order valence-corrected chi connectivity index (χ4v) is 1.81. The van der Waals surface area contributed by atoms with E-state index in [0.29, 0.717) is 0 Å². The van der Waals surface area contributed by atoms with Gasteiger partial charge in [-0.25, -0.2) is 0 Å². The predicted molar refractivity (Wildman–Crippen MR) is 72.2 cm³/mol. The number of nitrogens with two attached hydrogens (primary N) is 1. The van der Waals surface area contributed by atoms with Gasteiger partial charge in [-0.05, 0) is 23.1 Å². The van der Waals surface area contributed by atoms with Gasteiger partial charge in [0.2, 0.25) is 0 Å². The van der Waals surface area contributed by atoms with Gasteiger partial charge in [-0.1, -0.05) is 38.4 Å². The van der Waals surface area contributed by atoms with Gasteiger partial charge in [0.1, 0.15) is 0 Å². The van der Waals surface area contributed by atoms with Gasteiger partial charge in [0.15, 0.2) is 0 Å². The Balaban J connectivity index is 3.09. The van der Waals surface area contributed by atoms with Crippen LogP contribution in [0.3, 0.4) is 0 Å². The quantitative estimate of drug-likeness (QED) is 0.858. The van der Waals surface area contributed by atoms with Crippen molar-refractivity contribution < 1.29 is 0 Å². The van der Waals surface area contributed by atoms with Crippen LogP contribution in [0.25, 0.3) is 0 Å². The number of hydrogen-bond donors (Lipinski definition) is 1. The third-order valence-corrected chi connectivity index (χ3v) is 3.10. The SMILES string of the molecule is CN(C)c1ccc([C@@H](N)C(C)(C)C)c(Cl)c1. The third kappa shape index (κ3) is 2.89. The van der Waals surface area contributed by atoms with Crippen molar-refractivity contribution >= 4 is 17.3 Å². The van der Waals surface area contributed by atoms with Gasteiger partial charge >= 0.3 is 0 Å². The molecule has 1 aromatic carbocycles. The van der Waals surface area contributed by atoms with Crippen molar-refractivity contribution in [3.63, 3.8) is 0 Å². The third-order valence-electron chi connectivity index (χ3n) is 2.77. The fraction of sp³-hybridized carbons (Fsp3) is 0.538. The van der Waals surface area contributed by atoms with Crippen LogP contribution in [0.15, 0.2) is 18.2 Å². The highest BCUT2D eigenvalue weighted by molar-refractivity contribution is 6.31. The van der Waals surface area contributed by atoms with Crippen LogP contribution in [0.5, 0.6) is 0 Å². The lowest BCUT2D eigenvalue weighted by molar-refractivity contribution is 0.327. The van der Waals surface area contributed by atoms with E-state index in [1.807, 2.05) is 37.2 Å². The summed E-state index contributed by atoms with van der Waals surface area (Å²) in [6, 6.07) is 5.99. The summed E-state index contributed by atoms with van der Waals surface area (Å²) >= 11 is 6.27. The molecule has 2 nitrogen and oxygen atoms in total. The second-order valence-corrected chi connectivity index (χ2v) is 5.85. The minimum Gasteiger partial charge on any atom is -0.378 e. The summed E-state index contributed by atoms with van der Waals surface area (Å²) in [5.41, 5.74) is 8.32. The molecule has 0 fully saturated rings. The fourth-order valence-electron chi connectivity index (χ4n) is 1.51. The second-order valence-electron chi connectivity index (χ2n) is 5.44. The number of rotatable bonds is 2. The summed E-state index contributed by atoms with van der Waals surface area (Å²) in [6.07, 6.45) is 0. The molecule has 0 bridgehead atoms. The lowest BCUT2D eigenvalue weighted by Gasteiger charge is -2.28. The van der Waals surface area contributed by atoms with Crippen LogP contribution in [0.4, 0.5) is 5.69 Å². The maximum Gasteiger partial charge on any atom is 0.0474 e. The normalized spacial score (nSPS) is 13.7. The summed E-state index contributed by atoms with van der Waals surface area (Å²) in [5, 5.41) is 0.744. The zero-order chi connectivity index (χ0) is 12.5. The number of hydrogen-bond acceptors (Lipinski definition) is 2. The first-order chi connectivity index (χ1) is 7.23. The van der Waals surface area contributed by atoms with E-state index in [-0.39, 0.29) is 11.5 Å². The topological polar surface area (TPSA) is 29.3 Å². The Morgan fingerprint density at radius 2 is 1.81 bits per heavy atom. The number of nitrogens with zero attached hydrogens (tertiary/aromatic N) is 1. The van der Waals surface area contributed by atoms with Crippen molar-refractivity contribution in [1.82, 2.24) is 0 Å². The van der Waals surface area contributed by atoms with Gasteiger partial charge in [0.05, 0.1) is 0 Å². The molecule has 0 amide bonds. The van der Waals surface area contributed by atoms with Crippen molar-refractivity contribution in [3.8, 4) is 0 Å². The lowest BCUT2D eigenvalue weighted by Crippen LogP contribution is -2.26. The highest BCUT2D eigenvalue weighted by Gasteiger charge is 2.24. The van der Waals surface area contributed by atoms with Gasteiger partial charge in [0.25, 0.3) is 0 Å². The van der Waals surface area contributed by atoms with Crippen LogP contribution in [0.1, 0.15) is 32.4 Å². The molecule has 0 aliphatic rings. The predicted octanol–water partition coefficient (Wildman–Crippen LogP) is 3.45. The molecule has 0 spiro atoms.